The normalized spacial score (nSPS) is 22.9. The minimum Gasteiger partial charge on any atom is -0.397 e. The number of hydrogen-bond donors (Lipinski definition) is 3. The molecule has 4 N–H and O–H groups in total. The monoisotopic (exact) mass is 271 g/mol. The van der Waals surface area contributed by atoms with Gasteiger partial charge in [0.15, 0.2) is 0 Å². The van der Waals surface area contributed by atoms with Crippen LogP contribution in [0.3, 0.4) is 0 Å². The summed E-state index contributed by atoms with van der Waals surface area (Å²) in [5.41, 5.74) is 8.53. The Morgan fingerprint density at radius 3 is 2.95 bits per heavy atom. The third kappa shape index (κ3) is 2.56. The van der Waals surface area contributed by atoms with E-state index in [4.69, 9.17) is 5.73 Å². The maximum absolute atomic E-state index is 10.0. The van der Waals surface area contributed by atoms with Crippen LogP contribution in [-0.2, 0) is 0 Å². The number of aromatic nitrogens is 1. The first-order valence-corrected chi connectivity index (χ1v) is 7.31. The molecule has 106 valence electrons. The molecule has 0 radical (unpaired) electrons. The van der Waals surface area contributed by atoms with Crippen LogP contribution in [0.4, 0.5) is 11.4 Å². The van der Waals surface area contributed by atoms with Crippen molar-refractivity contribution in [2.45, 2.75) is 31.8 Å². The van der Waals surface area contributed by atoms with Gasteiger partial charge < -0.3 is 16.2 Å². The minimum atomic E-state index is -0.172. The third-order valence-electron chi connectivity index (χ3n) is 4.22. The van der Waals surface area contributed by atoms with Gasteiger partial charge in [-0.05, 0) is 37.1 Å². The van der Waals surface area contributed by atoms with E-state index in [-0.39, 0.29) is 6.10 Å². The summed E-state index contributed by atoms with van der Waals surface area (Å²) in [5, 5.41) is 14.5. The molecular weight excluding hydrogens is 250 g/mol. The number of aliphatic hydroxyl groups is 1. The zero-order valence-electron chi connectivity index (χ0n) is 11.5. The predicted molar refractivity (Wildman–Crippen MR) is 82.6 cm³/mol. The highest BCUT2D eigenvalue weighted by Gasteiger charge is 2.22. The maximum Gasteiger partial charge on any atom is 0.0951 e. The fourth-order valence-corrected chi connectivity index (χ4v) is 3.02. The van der Waals surface area contributed by atoms with Crippen LogP contribution in [0.2, 0.25) is 0 Å². The lowest BCUT2D eigenvalue weighted by atomic mass is 9.86. The van der Waals surface area contributed by atoms with Gasteiger partial charge in [0.2, 0.25) is 0 Å². The number of anilines is 2. The highest BCUT2D eigenvalue weighted by atomic mass is 16.3. The van der Waals surface area contributed by atoms with Crippen LogP contribution in [0.1, 0.15) is 25.7 Å². The molecule has 4 nitrogen and oxygen atoms in total. The number of fused-ring (bicyclic) bond motifs is 1. The zero-order chi connectivity index (χ0) is 13.9. The second-order valence-corrected chi connectivity index (χ2v) is 5.59. The van der Waals surface area contributed by atoms with Crippen molar-refractivity contribution in [2.24, 2.45) is 5.92 Å². The Kier molecular flexibility index (Phi) is 3.74. The Morgan fingerprint density at radius 2 is 2.10 bits per heavy atom. The average molecular weight is 271 g/mol. The molecule has 2 unspecified atom stereocenters. The third-order valence-corrected chi connectivity index (χ3v) is 4.22. The number of nitrogen functional groups attached to an aromatic ring is 1. The van der Waals surface area contributed by atoms with Crippen LogP contribution >= 0.6 is 0 Å². The van der Waals surface area contributed by atoms with E-state index in [0.717, 1.165) is 42.4 Å². The Morgan fingerprint density at radius 1 is 1.25 bits per heavy atom. The average Bonchev–Trinajstić information content (AvgIpc) is 2.48. The van der Waals surface area contributed by atoms with Crippen molar-refractivity contribution in [3.8, 4) is 0 Å². The summed E-state index contributed by atoms with van der Waals surface area (Å²) < 4.78 is 0. The van der Waals surface area contributed by atoms with E-state index in [2.05, 4.69) is 10.3 Å². The summed E-state index contributed by atoms with van der Waals surface area (Å²) >= 11 is 0. The predicted octanol–water partition coefficient (Wildman–Crippen LogP) is 2.78. The molecule has 1 aliphatic carbocycles. The maximum atomic E-state index is 10.0. The minimum absolute atomic E-state index is 0.172. The number of hydrogen-bond acceptors (Lipinski definition) is 4. The molecular formula is C16H21N3O. The summed E-state index contributed by atoms with van der Waals surface area (Å²) in [7, 11) is 0. The quantitative estimate of drug-likeness (QED) is 0.751. The van der Waals surface area contributed by atoms with Crippen LogP contribution in [0.25, 0.3) is 10.9 Å². The number of pyridine rings is 1. The Balaban J connectivity index is 1.79. The zero-order valence-corrected chi connectivity index (χ0v) is 11.5. The van der Waals surface area contributed by atoms with E-state index >= 15 is 0 Å². The summed E-state index contributed by atoms with van der Waals surface area (Å²) in [6.07, 6.45) is 5.97. The van der Waals surface area contributed by atoms with Gasteiger partial charge in [-0.3, -0.25) is 4.98 Å². The molecule has 2 aromatic rings. The van der Waals surface area contributed by atoms with E-state index in [1.807, 2.05) is 24.3 Å². The van der Waals surface area contributed by atoms with E-state index in [1.165, 1.54) is 6.42 Å². The highest BCUT2D eigenvalue weighted by Crippen LogP contribution is 2.28. The molecule has 0 aliphatic heterocycles. The number of aliphatic hydroxyl groups excluding tert-OH is 1. The van der Waals surface area contributed by atoms with Crippen LogP contribution < -0.4 is 11.1 Å². The van der Waals surface area contributed by atoms with Crippen molar-refractivity contribution in [3.05, 3.63) is 30.5 Å². The molecule has 3 rings (SSSR count). The van der Waals surface area contributed by atoms with Crippen molar-refractivity contribution in [3.63, 3.8) is 0 Å². The van der Waals surface area contributed by atoms with Crippen molar-refractivity contribution in [1.29, 1.82) is 0 Å². The first-order valence-electron chi connectivity index (χ1n) is 7.31. The molecule has 0 bridgehead atoms. The van der Waals surface area contributed by atoms with Gasteiger partial charge in [-0.15, -0.1) is 0 Å². The Labute approximate surface area is 119 Å². The van der Waals surface area contributed by atoms with Crippen molar-refractivity contribution < 1.29 is 5.11 Å². The number of benzene rings is 1. The standard InChI is InChI=1S/C16H21N3O/c17-13-7-8-14(12-5-3-9-18-16(12)13)19-10-11-4-1-2-6-15(11)20/h3,5,7-9,11,15,19-20H,1-2,4,6,10,17H2. The lowest BCUT2D eigenvalue weighted by Crippen LogP contribution is -2.30. The molecule has 1 heterocycles. The van der Waals surface area contributed by atoms with E-state index in [9.17, 15) is 5.11 Å². The van der Waals surface area contributed by atoms with E-state index in [0.29, 0.717) is 11.6 Å². The summed E-state index contributed by atoms with van der Waals surface area (Å²) in [6.45, 7) is 0.801. The van der Waals surface area contributed by atoms with Gasteiger partial charge in [0.25, 0.3) is 0 Å². The largest absolute Gasteiger partial charge is 0.397 e. The van der Waals surface area contributed by atoms with Gasteiger partial charge >= 0.3 is 0 Å². The van der Waals surface area contributed by atoms with Crippen LogP contribution in [0.15, 0.2) is 30.5 Å². The first kappa shape index (κ1) is 13.2. The second-order valence-electron chi connectivity index (χ2n) is 5.59. The van der Waals surface area contributed by atoms with Gasteiger partial charge in [-0.2, -0.15) is 0 Å². The van der Waals surface area contributed by atoms with Gasteiger partial charge in [0, 0.05) is 29.7 Å². The fourth-order valence-electron chi connectivity index (χ4n) is 3.02. The van der Waals surface area contributed by atoms with Crippen LogP contribution in [0.5, 0.6) is 0 Å². The molecule has 4 heteroatoms. The summed E-state index contributed by atoms with van der Waals surface area (Å²) in [4.78, 5) is 4.34. The lowest BCUT2D eigenvalue weighted by molar-refractivity contribution is 0.0763. The first-order chi connectivity index (χ1) is 9.75. The number of nitrogens with one attached hydrogen (secondary N) is 1. The fraction of sp³-hybridized carbons (Fsp3) is 0.438. The van der Waals surface area contributed by atoms with Crippen molar-refractivity contribution in [1.82, 2.24) is 4.98 Å². The van der Waals surface area contributed by atoms with E-state index in [1.54, 1.807) is 6.20 Å². The molecule has 0 saturated heterocycles. The summed E-state index contributed by atoms with van der Waals surface area (Å²) in [5.74, 6) is 0.341. The lowest BCUT2D eigenvalue weighted by Gasteiger charge is -2.28. The Hall–Kier alpha value is -1.81. The van der Waals surface area contributed by atoms with Crippen molar-refractivity contribution >= 4 is 22.3 Å². The number of nitrogens with zero attached hydrogens (tertiary/aromatic N) is 1. The molecule has 1 aromatic heterocycles. The molecule has 1 saturated carbocycles. The highest BCUT2D eigenvalue weighted by molar-refractivity contribution is 5.98. The van der Waals surface area contributed by atoms with Gasteiger partial charge in [0.05, 0.1) is 17.3 Å². The topological polar surface area (TPSA) is 71.2 Å². The molecule has 1 fully saturated rings. The molecule has 1 aromatic carbocycles. The van der Waals surface area contributed by atoms with Gasteiger partial charge in [0.1, 0.15) is 0 Å². The smallest absolute Gasteiger partial charge is 0.0951 e. The Bertz CT molecular complexity index is 599. The van der Waals surface area contributed by atoms with E-state index < -0.39 is 0 Å². The van der Waals surface area contributed by atoms with Gasteiger partial charge in [-0.25, -0.2) is 0 Å². The van der Waals surface area contributed by atoms with Crippen molar-refractivity contribution in [2.75, 3.05) is 17.6 Å². The SMILES string of the molecule is Nc1ccc(NCC2CCCCC2O)c2cccnc12. The van der Waals surface area contributed by atoms with Gasteiger partial charge in [-0.1, -0.05) is 12.8 Å². The molecule has 0 amide bonds. The molecule has 0 spiro atoms. The number of rotatable bonds is 3. The summed E-state index contributed by atoms with van der Waals surface area (Å²) in [6, 6.07) is 7.82. The number of nitrogens with two attached hydrogens (primary N) is 1. The van der Waals surface area contributed by atoms with Crippen LogP contribution in [-0.4, -0.2) is 22.7 Å². The second kappa shape index (κ2) is 5.67. The molecule has 2 atom stereocenters. The molecule has 20 heavy (non-hydrogen) atoms. The van der Waals surface area contributed by atoms with Crippen LogP contribution in [0, 0.1) is 5.92 Å². The molecule has 1 aliphatic rings.